The number of rotatable bonds is 26. The van der Waals surface area contributed by atoms with Crippen LogP contribution in [0.2, 0.25) is 0 Å². The van der Waals surface area contributed by atoms with Crippen LogP contribution in [-0.4, -0.2) is 89.0 Å². The van der Waals surface area contributed by atoms with Crippen molar-refractivity contribution in [3.8, 4) is 0 Å². The Kier molecular flexibility index (Phi) is 23.6. The lowest BCUT2D eigenvalue weighted by molar-refractivity contribution is -0.305. The SMILES string of the molecule is CCCCCC/C=C\CCCCCCCC(=O)OC(COC(=O)CCCCCCC)COC1OC(CO)C(O)C(O)C1O. The van der Waals surface area contributed by atoms with E-state index in [-0.39, 0.29) is 26.1 Å². The summed E-state index contributed by atoms with van der Waals surface area (Å²) in [5.41, 5.74) is 0. The molecule has 252 valence electrons. The van der Waals surface area contributed by atoms with Crippen LogP contribution in [0.4, 0.5) is 0 Å². The normalized spacial score (nSPS) is 23.0. The Morgan fingerprint density at radius 3 is 1.84 bits per heavy atom. The van der Waals surface area contributed by atoms with Crippen molar-refractivity contribution in [1.82, 2.24) is 0 Å². The van der Waals surface area contributed by atoms with Gasteiger partial charge in [0.2, 0.25) is 0 Å². The van der Waals surface area contributed by atoms with Gasteiger partial charge in [-0.1, -0.05) is 90.2 Å². The van der Waals surface area contributed by atoms with E-state index in [9.17, 15) is 30.0 Å². The summed E-state index contributed by atoms with van der Waals surface area (Å²) in [7, 11) is 0. The number of unbranched alkanes of at least 4 members (excludes halogenated alkanes) is 13. The highest BCUT2D eigenvalue weighted by molar-refractivity contribution is 5.70. The largest absolute Gasteiger partial charge is 0.462 e. The number of carbonyl (C=O) groups is 2. The summed E-state index contributed by atoms with van der Waals surface area (Å²) >= 11 is 0. The number of esters is 2. The number of aliphatic hydroxyl groups is 4. The molecule has 1 aliphatic heterocycles. The molecule has 0 radical (unpaired) electrons. The molecule has 10 heteroatoms. The molecule has 10 nitrogen and oxygen atoms in total. The van der Waals surface area contributed by atoms with Crippen molar-refractivity contribution in [3.05, 3.63) is 12.2 Å². The lowest BCUT2D eigenvalue weighted by Gasteiger charge is -2.39. The highest BCUT2D eigenvalue weighted by Gasteiger charge is 2.44. The van der Waals surface area contributed by atoms with Crippen molar-refractivity contribution < 1.29 is 49.0 Å². The predicted molar refractivity (Wildman–Crippen MR) is 164 cm³/mol. The van der Waals surface area contributed by atoms with Crippen LogP contribution >= 0.6 is 0 Å². The first-order valence-corrected chi connectivity index (χ1v) is 16.8. The second-order valence-corrected chi connectivity index (χ2v) is 11.6. The van der Waals surface area contributed by atoms with Gasteiger partial charge in [-0.05, 0) is 38.5 Å². The molecule has 0 aromatic carbocycles. The van der Waals surface area contributed by atoms with Crippen LogP contribution in [0.1, 0.15) is 129 Å². The van der Waals surface area contributed by atoms with Gasteiger partial charge in [0, 0.05) is 12.8 Å². The van der Waals surface area contributed by atoms with Crippen LogP contribution in [0.25, 0.3) is 0 Å². The molecule has 43 heavy (non-hydrogen) atoms. The van der Waals surface area contributed by atoms with Crippen molar-refractivity contribution in [1.29, 1.82) is 0 Å². The average Bonchev–Trinajstić information content (AvgIpc) is 3.00. The standard InChI is InChI=1S/C33H60O10/c1-3-5-7-9-10-11-12-13-14-15-16-18-20-22-29(36)42-26(24-40-28(35)21-19-17-8-6-4-2)25-41-33-32(39)31(38)30(37)27(23-34)43-33/h11-12,26-27,30-34,37-39H,3-10,13-25H2,1-2H3/b12-11-. The number of aliphatic hydroxyl groups excluding tert-OH is 4. The highest BCUT2D eigenvalue weighted by Crippen LogP contribution is 2.22. The molecule has 1 fully saturated rings. The molecule has 1 aliphatic rings. The van der Waals surface area contributed by atoms with E-state index in [0.717, 1.165) is 70.6 Å². The first kappa shape index (κ1) is 39.5. The van der Waals surface area contributed by atoms with Crippen molar-refractivity contribution in [2.75, 3.05) is 19.8 Å². The van der Waals surface area contributed by atoms with E-state index >= 15 is 0 Å². The van der Waals surface area contributed by atoms with Crippen molar-refractivity contribution in [3.63, 3.8) is 0 Å². The third kappa shape index (κ3) is 18.8. The molecule has 1 heterocycles. The monoisotopic (exact) mass is 616 g/mol. The Hall–Kier alpha value is -1.56. The molecule has 0 spiro atoms. The Morgan fingerprint density at radius 2 is 1.23 bits per heavy atom. The average molecular weight is 617 g/mol. The van der Waals surface area contributed by atoms with Crippen LogP contribution in [-0.2, 0) is 28.5 Å². The molecule has 6 atom stereocenters. The van der Waals surface area contributed by atoms with Gasteiger partial charge >= 0.3 is 11.9 Å². The summed E-state index contributed by atoms with van der Waals surface area (Å²) < 4.78 is 21.8. The quantitative estimate of drug-likeness (QED) is 0.0601. The Balaban J connectivity index is 2.43. The predicted octanol–water partition coefficient (Wildman–Crippen LogP) is 4.88. The number of carbonyl (C=O) groups excluding carboxylic acids is 2. The van der Waals surface area contributed by atoms with Gasteiger partial charge in [0.05, 0.1) is 13.2 Å². The molecule has 1 saturated heterocycles. The minimum atomic E-state index is -1.59. The van der Waals surface area contributed by atoms with Crippen LogP contribution in [0.15, 0.2) is 12.2 Å². The minimum Gasteiger partial charge on any atom is -0.462 e. The van der Waals surface area contributed by atoms with E-state index in [1.165, 1.54) is 25.7 Å². The van der Waals surface area contributed by atoms with Gasteiger partial charge in [-0.15, -0.1) is 0 Å². The van der Waals surface area contributed by atoms with Crippen LogP contribution < -0.4 is 0 Å². The maximum atomic E-state index is 12.6. The summed E-state index contributed by atoms with van der Waals surface area (Å²) in [6, 6.07) is 0. The second kappa shape index (κ2) is 25.7. The maximum Gasteiger partial charge on any atom is 0.306 e. The fraction of sp³-hybridized carbons (Fsp3) is 0.879. The molecule has 1 rings (SSSR count). The zero-order valence-corrected chi connectivity index (χ0v) is 26.7. The van der Waals surface area contributed by atoms with E-state index in [4.69, 9.17) is 18.9 Å². The van der Waals surface area contributed by atoms with Crippen molar-refractivity contribution >= 4 is 11.9 Å². The molecule has 0 bridgehead atoms. The fourth-order valence-corrected chi connectivity index (χ4v) is 4.89. The molecule has 0 aromatic rings. The molecule has 4 N–H and O–H groups in total. The van der Waals surface area contributed by atoms with Gasteiger partial charge in [-0.2, -0.15) is 0 Å². The van der Waals surface area contributed by atoms with Gasteiger partial charge in [0.25, 0.3) is 0 Å². The lowest BCUT2D eigenvalue weighted by Crippen LogP contribution is -2.59. The Morgan fingerprint density at radius 1 is 0.698 bits per heavy atom. The van der Waals surface area contributed by atoms with Gasteiger partial charge in [0.1, 0.15) is 31.0 Å². The summed E-state index contributed by atoms with van der Waals surface area (Å²) in [4.78, 5) is 24.8. The lowest BCUT2D eigenvalue weighted by atomic mass is 9.99. The number of ether oxygens (including phenoxy) is 4. The first-order valence-electron chi connectivity index (χ1n) is 16.8. The summed E-state index contributed by atoms with van der Waals surface area (Å²) in [5.74, 6) is -0.833. The van der Waals surface area contributed by atoms with E-state index in [2.05, 4.69) is 26.0 Å². The van der Waals surface area contributed by atoms with E-state index in [1.54, 1.807) is 0 Å². The van der Waals surface area contributed by atoms with Crippen LogP contribution in [0.3, 0.4) is 0 Å². The maximum absolute atomic E-state index is 12.6. The summed E-state index contributed by atoms with van der Waals surface area (Å²) in [6.45, 7) is 3.26. The van der Waals surface area contributed by atoms with Gasteiger partial charge in [-0.25, -0.2) is 0 Å². The molecule has 0 aliphatic carbocycles. The van der Waals surface area contributed by atoms with Crippen molar-refractivity contribution in [2.45, 2.75) is 166 Å². The summed E-state index contributed by atoms with van der Waals surface area (Å²) in [5, 5.41) is 39.6. The molecular formula is C33H60O10. The third-order valence-electron chi connectivity index (χ3n) is 7.65. The second-order valence-electron chi connectivity index (χ2n) is 11.6. The summed E-state index contributed by atoms with van der Waals surface area (Å²) in [6.07, 6.45) is 14.2. The van der Waals surface area contributed by atoms with Crippen LogP contribution in [0.5, 0.6) is 0 Å². The third-order valence-corrected chi connectivity index (χ3v) is 7.65. The first-order chi connectivity index (χ1) is 20.8. The highest BCUT2D eigenvalue weighted by atomic mass is 16.7. The topological polar surface area (TPSA) is 152 Å². The zero-order valence-electron chi connectivity index (χ0n) is 26.7. The Bertz CT molecular complexity index is 728. The van der Waals surface area contributed by atoms with Gasteiger partial charge < -0.3 is 39.4 Å². The van der Waals surface area contributed by atoms with E-state index in [0.29, 0.717) is 6.42 Å². The molecule has 0 aromatic heterocycles. The molecule has 6 unspecified atom stereocenters. The minimum absolute atomic E-state index is 0.219. The van der Waals surface area contributed by atoms with Gasteiger partial charge in [-0.3, -0.25) is 9.59 Å². The molecular weight excluding hydrogens is 556 g/mol. The van der Waals surface area contributed by atoms with E-state index in [1.807, 2.05) is 0 Å². The Labute approximate surface area is 259 Å². The van der Waals surface area contributed by atoms with Crippen molar-refractivity contribution in [2.24, 2.45) is 0 Å². The van der Waals surface area contributed by atoms with Gasteiger partial charge in [0.15, 0.2) is 12.4 Å². The molecule has 0 saturated carbocycles. The number of hydrogen-bond acceptors (Lipinski definition) is 10. The fourth-order valence-electron chi connectivity index (χ4n) is 4.89. The smallest absolute Gasteiger partial charge is 0.306 e. The van der Waals surface area contributed by atoms with Crippen LogP contribution in [0, 0.1) is 0 Å². The van der Waals surface area contributed by atoms with E-state index < -0.39 is 55.4 Å². The zero-order chi connectivity index (χ0) is 31.7. The number of hydrogen-bond donors (Lipinski definition) is 4. The molecule has 0 amide bonds. The number of allylic oxidation sites excluding steroid dienone is 2.